The summed E-state index contributed by atoms with van der Waals surface area (Å²) < 4.78 is 0.798. The molecule has 0 aliphatic rings. The molecule has 0 aliphatic heterocycles. The number of carbonyl (C=O) groups is 1. The second-order valence-corrected chi connectivity index (χ2v) is 8.45. The number of carbonyl (C=O) groups excluding carboxylic acids is 1. The topological polar surface area (TPSA) is 94.2 Å². The van der Waals surface area contributed by atoms with Crippen molar-refractivity contribution < 1.29 is 9.90 Å². The molecule has 0 aliphatic carbocycles. The van der Waals surface area contributed by atoms with Crippen molar-refractivity contribution in [3.05, 3.63) is 63.3 Å². The molecule has 0 saturated heterocycles. The second-order valence-electron chi connectivity index (χ2n) is 7.46. The Hall–Kier alpha value is -2.64. The average Bonchev–Trinajstić information content (AvgIpc) is 3.13. The van der Waals surface area contributed by atoms with E-state index in [0.29, 0.717) is 18.5 Å². The number of amides is 1. The van der Waals surface area contributed by atoms with Crippen LogP contribution in [0.2, 0.25) is 0 Å². The number of nitrogens with one attached hydrogen (secondary N) is 3. The summed E-state index contributed by atoms with van der Waals surface area (Å²) >= 11 is 1.12. The molecular formula is C23H29N3O3S. The molecule has 2 aromatic carbocycles. The van der Waals surface area contributed by atoms with Gasteiger partial charge in [0.05, 0.1) is 4.70 Å². The highest BCUT2D eigenvalue weighted by atomic mass is 32.1. The van der Waals surface area contributed by atoms with Gasteiger partial charge < -0.3 is 20.7 Å². The smallest absolute Gasteiger partial charge is 0.305 e. The number of phenols is 1. The number of hydrogen-bond donors (Lipinski definition) is 4. The molecule has 7 heteroatoms. The van der Waals surface area contributed by atoms with Crippen LogP contribution in [0.4, 0.5) is 0 Å². The van der Waals surface area contributed by atoms with Gasteiger partial charge >= 0.3 is 4.87 Å². The van der Waals surface area contributed by atoms with Crippen molar-refractivity contribution in [3.63, 3.8) is 0 Å². The summed E-state index contributed by atoms with van der Waals surface area (Å²) in [5.74, 6) is 0.211. The molecule has 1 unspecified atom stereocenters. The molecule has 1 heterocycles. The lowest BCUT2D eigenvalue weighted by atomic mass is 10.1. The third-order valence-corrected chi connectivity index (χ3v) is 6.10. The maximum Gasteiger partial charge on any atom is 0.305 e. The minimum atomic E-state index is -0.165. The van der Waals surface area contributed by atoms with Gasteiger partial charge in [0.1, 0.15) is 11.3 Å². The zero-order chi connectivity index (χ0) is 21.3. The molecule has 30 heavy (non-hydrogen) atoms. The SMILES string of the molecule is CC(NCCCCCC(=O)NCCc1ccccc1)c1ccc(O)c2[nH]c(=O)sc12. The summed E-state index contributed by atoms with van der Waals surface area (Å²) in [4.78, 5) is 26.1. The fraction of sp³-hybridized carbons (Fsp3) is 0.391. The zero-order valence-corrected chi connectivity index (χ0v) is 18.1. The van der Waals surface area contributed by atoms with E-state index in [4.69, 9.17) is 0 Å². The summed E-state index contributed by atoms with van der Waals surface area (Å²) in [6.45, 7) is 3.56. The predicted octanol–water partition coefficient (Wildman–Crippen LogP) is 3.87. The van der Waals surface area contributed by atoms with Crippen molar-refractivity contribution in [1.29, 1.82) is 0 Å². The molecule has 0 fully saturated rings. The van der Waals surface area contributed by atoms with Crippen LogP contribution < -0.4 is 15.5 Å². The van der Waals surface area contributed by atoms with Crippen molar-refractivity contribution in [2.75, 3.05) is 13.1 Å². The Kier molecular flexibility index (Phi) is 8.04. The van der Waals surface area contributed by atoms with Crippen LogP contribution in [0, 0.1) is 0 Å². The number of aromatic hydroxyl groups is 1. The van der Waals surface area contributed by atoms with E-state index in [2.05, 4.69) is 34.7 Å². The first-order chi connectivity index (χ1) is 14.5. The zero-order valence-electron chi connectivity index (χ0n) is 17.2. The Bertz CT molecular complexity index is 1010. The van der Waals surface area contributed by atoms with Crippen molar-refractivity contribution >= 4 is 27.5 Å². The van der Waals surface area contributed by atoms with E-state index in [1.165, 1.54) is 5.56 Å². The third kappa shape index (κ3) is 6.18. The normalized spacial score (nSPS) is 12.2. The molecule has 3 rings (SSSR count). The van der Waals surface area contributed by atoms with Crippen molar-refractivity contribution in [2.24, 2.45) is 0 Å². The van der Waals surface area contributed by atoms with Gasteiger partial charge in [0, 0.05) is 19.0 Å². The molecule has 160 valence electrons. The van der Waals surface area contributed by atoms with Gasteiger partial charge in [-0.25, -0.2) is 0 Å². The molecule has 1 amide bonds. The Morgan fingerprint density at radius 3 is 2.70 bits per heavy atom. The maximum absolute atomic E-state index is 11.9. The Balaban J connectivity index is 1.31. The molecular weight excluding hydrogens is 398 g/mol. The average molecular weight is 428 g/mol. The summed E-state index contributed by atoms with van der Waals surface area (Å²) in [7, 11) is 0. The summed E-state index contributed by atoms with van der Waals surface area (Å²) in [6, 6.07) is 13.7. The van der Waals surface area contributed by atoms with E-state index in [-0.39, 0.29) is 22.6 Å². The van der Waals surface area contributed by atoms with Crippen LogP contribution in [0.15, 0.2) is 47.3 Å². The number of benzene rings is 2. The Labute approximate surface area is 180 Å². The highest BCUT2D eigenvalue weighted by molar-refractivity contribution is 7.16. The van der Waals surface area contributed by atoms with Crippen LogP contribution in [-0.4, -0.2) is 29.1 Å². The number of aromatic amines is 1. The molecule has 1 atom stereocenters. The lowest BCUT2D eigenvalue weighted by molar-refractivity contribution is -0.121. The fourth-order valence-electron chi connectivity index (χ4n) is 3.48. The number of rotatable bonds is 11. The summed E-state index contributed by atoms with van der Waals surface area (Å²) in [5, 5.41) is 16.4. The predicted molar refractivity (Wildman–Crippen MR) is 122 cm³/mol. The first-order valence-electron chi connectivity index (χ1n) is 10.4. The fourth-order valence-corrected chi connectivity index (χ4v) is 4.43. The molecule has 0 saturated carbocycles. The van der Waals surface area contributed by atoms with Crippen LogP contribution >= 0.6 is 11.3 Å². The molecule has 3 aromatic rings. The Morgan fingerprint density at radius 1 is 1.10 bits per heavy atom. The number of aromatic nitrogens is 1. The standard InChI is InChI=1S/C23H29N3O3S/c1-16(18-11-12-19(27)21-22(18)30-23(29)26-21)24-14-7-3-6-10-20(28)25-15-13-17-8-4-2-5-9-17/h2,4-5,8-9,11-12,16,24,27H,3,6-7,10,13-15H2,1H3,(H,25,28)(H,26,29). The van der Waals surface area contributed by atoms with Crippen molar-refractivity contribution in [1.82, 2.24) is 15.6 Å². The second kappa shape index (κ2) is 10.9. The van der Waals surface area contributed by atoms with Crippen LogP contribution in [-0.2, 0) is 11.2 Å². The van der Waals surface area contributed by atoms with E-state index in [1.54, 1.807) is 6.07 Å². The van der Waals surface area contributed by atoms with Gasteiger partial charge in [-0.2, -0.15) is 0 Å². The monoisotopic (exact) mass is 427 g/mol. The molecule has 6 nitrogen and oxygen atoms in total. The van der Waals surface area contributed by atoms with Gasteiger partial charge in [0.2, 0.25) is 5.91 Å². The van der Waals surface area contributed by atoms with Gasteiger partial charge in [0.15, 0.2) is 0 Å². The van der Waals surface area contributed by atoms with E-state index in [1.807, 2.05) is 24.3 Å². The number of H-pyrrole nitrogens is 1. The van der Waals surface area contributed by atoms with Crippen molar-refractivity contribution in [2.45, 2.75) is 45.1 Å². The molecule has 0 spiro atoms. The highest BCUT2D eigenvalue weighted by Crippen LogP contribution is 2.31. The van der Waals surface area contributed by atoms with E-state index >= 15 is 0 Å². The first-order valence-corrected chi connectivity index (χ1v) is 11.2. The maximum atomic E-state index is 11.9. The minimum Gasteiger partial charge on any atom is -0.506 e. The molecule has 1 aromatic heterocycles. The van der Waals surface area contributed by atoms with E-state index in [9.17, 15) is 14.7 Å². The molecule has 4 N–H and O–H groups in total. The summed E-state index contributed by atoms with van der Waals surface area (Å²) in [6.07, 6.45) is 4.24. The quantitative estimate of drug-likeness (QED) is 0.350. The summed E-state index contributed by atoms with van der Waals surface area (Å²) in [5.41, 5.74) is 2.74. The minimum absolute atomic E-state index is 0.0702. The first kappa shape index (κ1) is 22.1. The van der Waals surface area contributed by atoms with Gasteiger partial charge in [-0.05, 0) is 49.9 Å². The van der Waals surface area contributed by atoms with Gasteiger partial charge in [0.25, 0.3) is 0 Å². The molecule has 0 radical (unpaired) electrons. The lowest BCUT2D eigenvalue weighted by Crippen LogP contribution is -2.25. The molecule has 0 bridgehead atoms. The number of thiazole rings is 1. The Morgan fingerprint density at radius 2 is 1.90 bits per heavy atom. The van der Waals surface area contributed by atoms with Gasteiger partial charge in [-0.1, -0.05) is 54.2 Å². The largest absolute Gasteiger partial charge is 0.506 e. The lowest BCUT2D eigenvalue weighted by Gasteiger charge is -2.15. The number of fused-ring (bicyclic) bond motifs is 1. The van der Waals surface area contributed by atoms with Crippen LogP contribution in [0.3, 0.4) is 0 Å². The third-order valence-electron chi connectivity index (χ3n) is 5.16. The number of hydrogen-bond acceptors (Lipinski definition) is 5. The highest BCUT2D eigenvalue weighted by Gasteiger charge is 2.14. The van der Waals surface area contributed by atoms with Gasteiger partial charge in [-0.3, -0.25) is 9.59 Å². The van der Waals surface area contributed by atoms with Crippen LogP contribution in [0.5, 0.6) is 5.75 Å². The van der Waals surface area contributed by atoms with Crippen molar-refractivity contribution in [3.8, 4) is 5.75 Å². The van der Waals surface area contributed by atoms with E-state index < -0.39 is 0 Å². The number of phenolic OH excluding ortho intramolecular Hbond substituents is 1. The number of unbranched alkanes of at least 4 members (excludes halogenated alkanes) is 2. The van der Waals surface area contributed by atoms with Crippen LogP contribution in [0.25, 0.3) is 10.2 Å². The van der Waals surface area contributed by atoms with Crippen LogP contribution in [0.1, 0.15) is 49.8 Å². The van der Waals surface area contributed by atoms with E-state index in [0.717, 1.165) is 53.8 Å². The van der Waals surface area contributed by atoms with Gasteiger partial charge in [-0.15, -0.1) is 0 Å².